The Labute approximate surface area is 180 Å². The molecule has 1 fully saturated rings. The van der Waals surface area contributed by atoms with Crippen LogP contribution in [-0.2, 0) is 11.3 Å². The first kappa shape index (κ1) is 21.0. The molecule has 0 aromatic heterocycles. The lowest BCUT2D eigenvalue weighted by atomic mass is 9.96. The van der Waals surface area contributed by atoms with Crippen LogP contribution in [0.2, 0.25) is 0 Å². The number of hydrogen-bond donors (Lipinski definition) is 1. The van der Waals surface area contributed by atoms with E-state index in [1.807, 2.05) is 25.1 Å². The molecule has 0 spiro atoms. The fraction of sp³-hybridized carbons (Fsp3) is 0.391. The summed E-state index contributed by atoms with van der Waals surface area (Å²) < 4.78 is 24.6. The molecule has 31 heavy (non-hydrogen) atoms. The third-order valence-electron chi connectivity index (χ3n) is 5.68. The van der Waals surface area contributed by atoms with E-state index < -0.39 is 5.82 Å². The van der Waals surface area contributed by atoms with Crippen molar-refractivity contribution in [2.24, 2.45) is 5.92 Å². The van der Waals surface area contributed by atoms with Crippen LogP contribution in [-0.4, -0.2) is 48.2 Å². The van der Waals surface area contributed by atoms with Crippen molar-refractivity contribution >= 4 is 17.6 Å². The zero-order valence-electron chi connectivity index (χ0n) is 17.5. The fourth-order valence-electron chi connectivity index (χ4n) is 3.98. The number of nitrogens with zero attached hydrogens (tertiary/aromatic N) is 2. The topological polar surface area (TPSA) is 71.1 Å². The number of fused-ring (bicyclic) bond motifs is 1. The molecular formula is C23H26FN3O4. The molecular weight excluding hydrogens is 401 g/mol. The summed E-state index contributed by atoms with van der Waals surface area (Å²) in [6.45, 7) is 4.03. The average Bonchev–Trinajstić information content (AvgIpc) is 3.26. The number of rotatable bonds is 5. The lowest BCUT2D eigenvalue weighted by molar-refractivity contribution is -0.137. The number of para-hydroxylation sites is 1. The van der Waals surface area contributed by atoms with E-state index >= 15 is 0 Å². The van der Waals surface area contributed by atoms with Crippen LogP contribution in [0.25, 0.3) is 0 Å². The quantitative estimate of drug-likeness (QED) is 0.787. The minimum atomic E-state index is -0.485. The zero-order chi connectivity index (χ0) is 21.8. The molecule has 0 saturated carbocycles. The van der Waals surface area contributed by atoms with Crippen LogP contribution < -0.4 is 14.8 Å². The normalized spacial score (nSPS) is 17.4. The Kier molecular flexibility index (Phi) is 6.25. The predicted octanol–water partition coefficient (Wildman–Crippen LogP) is 3.85. The second-order valence-electron chi connectivity index (χ2n) is 7.74. The zero-order valence-corrected chi connectivity index (χ0v) is 17.5. The highest BCUT2D eigenvalue weighted by molar-refractivity contribution is 5.90. The number of likely N-dealkylation sites (tertiary alicyclic amines) is 1. The Bertz CT molecular complexity index is 968. The van der Waals surface area contributed by atoms with Gasteiger partial charge in [0.2, 0.25) is 12.7 Å². The van der Waals surface area contributed by atoms with Crippen LogP contribution in [0.4, 0.5) is 14.9 Å². The predicted molar refractivity (Wildman–Crippen MR) is 113 cm³/mol. The molecule has 2 heterocycles. The van der Waals surface area contributed by atoms with Crippen molar-refractivity contribution in [3.05, 3.63) is 53.8 Å². The Balaban J connectivity index is 1.38. The molecule has 2 aliphatic heterocycles. The second-order valence-corrected chi connectivity index (χ2v) is 7.74. The number of anilines is 1. The first-order valence-electron chi connectivity index (χ1n) is 10.5. The highest BCUT2D eigenvalue weighted by atomic mass is 19.1. The van der Waals surface area contributed by atoms with Gasteiger partial charge in [-0.2, -0.15) is 0 Å². The summed E-state index contributed by atoms with van der Waals surface area (Å²) in [6.07, 6.45) is 1.45. The van der Waals surface area contributed by atoms with Gasteiger partial charge in [-0.15, -0.1) is 0 Å². The number of piperidine rings is 1. The monoisotopic (exact) mass is 427 g/mol. The second kappa shape index (κ2) is 9.24. The molecule has 0 bridgehead atoms. The smallest absolute Gasteiger partial charge is 0.321 e. The lowest BCUT2D eigenvalue weighted by Crippen LogP contribution is -2.47. The van der Waals surface area contributed by atoms with Crippen molar-refractivity contribution in [1.29, 1.82) is 0 Å². The maximum Gasteiger partial charge on any atom is 0.321 e. The summed E-state index contributed by atoms with van der Waals surface area (Å²) >= 11 is 0. The van der Waals surface area contributed by atoms with Crippen LogP contribution in [0, 0.1) is 11.7 Å². The number of carbonyl (C=O) groups excluding carboxylic acids is 2. The summed E-state index contributed by atoms with van der Waals surface area (Å²) in [4.78, 5) is 29.2. The molecule has 2 aliphatic rings. The van der Waals surface area contributed by atoms with Gasteiger partial charge in [0, 0.05) is 26.2 Å². The van der Waals surface area contributed by atoms with E-state index in [0.29, 0.717) is 37.7 Å². The maximum absolute atomic E-state index is 13.9. The van der Waals surface area contributed by atoms with E-state index in [0.717, 1.165) is 18.4 Å². The van der Waals surface area contributed by atoms with E-state index in [-0.39, 0.29) is 30.3 Å². The SMILES string of the molecule is CCN(Cc1ccc2c(c1)OCO2)C(=O)[C@@H]1CCCN(C(=O)Nc2ccccc2F)C1. The van der Waals surface area contributed by atoms with Gasteiger partial charge in [-0.3, -0.25) is 4.79 Å². The Morgan fingerprint density at radius 2 is 2.00 bits per heavy atom. The van der Waals surface area contributed by atoms with Gasteiger partial charge in [0.15, 0.2) is 11.5 Å². The van der Waals surface area contributed by atoms with Gasteiger partial charge in [0.1, 0.15) is 5.82 Å². The van der Waals surface area contributed by atoms with Gasteiger partial charge in [-0.1, -0.05) is 18.2 Å². The number of carbonyl (C=O) groups is 2. The van der Waals surface area contributed by atoms with Crippen LogP contribution in [0.5, 0.6) is 11.5 Å². The number of nitrogens with one attached hydrogen (secondary N) is 1. The van der Waals surface area contributed by atoms with Crippen LogP contribution in [0.1, 0.15) is 25.3 Å². The van der Waals surface area contributed by atoms with Gasteiger partial charge in [-0.25, -0.2) is 9.18 Å². The van der Waals surface area contributed by atoms with Gasteiger partial charge in [0.05, 0.1) is 11.6 Å². The first-order chi connectivity index (χ1) is 15.0. The molecule has 0 aliphatic carbocycles. The van der Waals surface area contributed by atoms with Gasteiger partial charge in [0.25, 0.3) is 0 Å². The van der Waals surface area contributed by atoms with E-state index in [2.05, 4.69) is 5.32 Å². The Morgan fingerprint density at radius 1 is 1.19 bits per heavy atom. The van der Waals surface area contributed by atoms with E-state index in [9.17, 15) is 14.0 Å². The molecule has 2 aromatic rings. The number of hydrogen-bond acceptors (Lipinski definition) is 4. The standard InChI is InChI=1S/C23H26FN3O4/c1-2-26(13-16-9-10-20-21(12-16)31-15-30-20)22(28)17-6-5-11-27(14-17)23(29)25-19-8-4-3-7-18(19)24/h3-4,7-10,12,17H,2,5-6,11,13-15H2,1H3,(H,25,29)/t17-/m1/s1. The average molecular weight is 427 g/mol. The van der Waals surface area contributed by atoms with Gasteiger partial charge < -0.3 is 24.6 Å². The molecule has 8 heteroatoms. The largest absolute Gasteiger partial charge is 0.454 e. The number of benzene rings is 2. The van der Waals surface area contributed by atoms with Gasteiger partial charge in [-0.05, 0) is 49.6 Å². The van der Waals surface area contributed by atoms with Crippen LogP contribution >= 0.6 is 0 Å². The van der Waals surface area contributed by atoms with E-state index in [4.69, 9.17) is 9.47 Å². The van der Waals surface area contributed by atoms with Crippen molar-refractivity contribution < 1.29 is 23.5 Å². The molecule has 2 aromatic carbocycles. The minimum Gasteiger partial charge on any atom is -0.454 e. The molecule has 1 atom stereocenters. The molecule has 3 amide bonds. The Morgan fingerprint density at radius 3 is 2.81 bits per heavy atom. The highest BCUT2D eigenvalue weighted by Crippen LogP contribution is 2.33. The number of amides is 3. The van der Waals surface area contributed by atoms with Crippen molar-refractivity contribution in [1.82, 2.24) is 9.80 Å². The fourth-order valence-corrected chi connectivity index (χ4v) is 3.98. The van der Waals surface area contributed by atoms with Crippen LogP contribution in [0.3, 0.4) is 0 Å². The number of urea groups is 1. The van der Waals surface area contributed by atoms with Crippen molar-refractivity contribution in [2.75, 3.05) is 31.7 Å². The number of halogens is 1. The maximum atomic E-state index is 13.9. The molecule has 1 saturated heterocycles. The van der Waals surface area contributed by atoms with Crippen molar-refractivity contribution in [3.63, 3.8) is 0 Å². The number of ether oxygens (including phenoxy) is 2. The van der Waals surface area contributed by atoms with Crippen molar-refractivity contribution in [3.8, 4) is 11.5 Å². The molecule has 0 radical (unpaired) electrons. The summed E-state index contributed by atoms with van der Waals surface area (Å²) in [6, 6.07) is 11.3. The third kappa shape index (κ3) is 4.73. The molecule has 0 unspecified atom stereocenters. The third-order valence-corrected chi connectivity index (χ3v) is 5.68. The summed E-state index contributed by atoms with van der Waals surface area (Å²) in [7, 11) is 0. The molecule has 1 N–H and O–H groups in total. The molecule has 164 valence electrons. The van der Waals surface area contributed by atoms with Gasteiger partial charge >= 0.3 is 6.03 Å². The first-order valence-corrected chi connectivity index (χ1v) is 10.5. The molecule has 4 rings (SSSR count). The van der Waals surface area contributed by atoms with Crippen molar-refractivity contribution in [2.45, 2.75) is 26.3 Å². The minimum absolute atomic E-state index is 0.0172. The Hall–Kier alpha value is -3.29. The summed E-state index contributed by atoms with van der Waals surface area (Å²) in [5, 5.41) is 2.61. The highest BCUT2D eigenvalue weighted by Gasteiger charge is 2.31. The summed E-state index contributed by atoms with van der Waals surface area (Å²) in [5.41, 5.74) is 1.10. The van der Waals surface area contributed by atoms with E-state index in [1.54, 1.807) is 21.9 Å². The summed E-state index contributed by atoms with van der Waals surface area (Å²) in [5.74, 6) is 0.649. The van der Waals surface area contributed by atoms with E-state index in [1.165, 1.54) is 12.1 Å². The molecule has 7 nitrogen and oxygen atoms in total. The lowest BCUT2D eigenvalue weighted by Gasteiger charge is -2.34. The van der Waals surface area contributed by atoms with Crippen LogP contribution in [0.15, 0.2) is 42.5 Å².